The van der Waals surface area contributed by atoms with Crippen LogP contribution < -0.4 is 5.32 Å². The first-order valence-electron chi connectivity index (χ1n) is 5.72. The molecule has 2 aromatic rings. The number of rotatable bonds is 3. The minimum absolute atomic E-state index is 0.307. The van der Waals surface area contributed by atoms with Crippen LogP contribution in [0.4, 0.5) is 28.9 Å². The maximum absolute atomic E-state index is 13.4. The zero-order chi connectivity index (χ0) is 14.0. The number of anilines is 2. The molecule has 5 heteroatoms. The predicted octanol–water partition coefficient (Wildman–Crippen LogP) is 4.55. The molecule has 2 aromatic carbocycles. The van der Waals surface area contributed by atoms with Crippen molar-refractivity contribution in [3.05, 3.63) is 59.2 Å². The van der Waals surface area contributed by atoms with Crippen LogP contribution >= 0.6 is 0 Å². The Balaban J connectivity index is 2.35. The van der Waals surface area contributed by atoms with Crippen molar-refractivity contribution in [2.45, 2.75) is 13.3 Å². The second-order valence-corrected chi connectivity index (χ2v) is 4.02. The summed E-state index contributed by atoms with van der Waals surface area (Å²) in [4.78, 5) is 0. The normalized spacial score (nSPS) is 10.6. The highest BCUT2D eigenvalue weighted by molar-refractivity contribution is 5.61. The van der Waals surface area contributed by atoms with E-state index in [4.69, 9.17) is 0 Å². The third-order valence-electron chi connectivity index (χ3n) is 2.75. The summed E-state index contributed by atoms with van der Waals surface area (Å²) in [5.41, 5.74) is 0.737. The molecule has 1 nitrogen and oxygen atoms in total. The van der Waals surface area contributed by atoms with Gasteiger partial charge in [-0.1, -0.05) is 19.1 Å². The van der Waals surface area contributed by atoms with E-state index in [1.165, 1.54) is 0 Å². The molecule has 19 heavy (non-hydrogen) atoms. The lowest BCUT2D eigenvalue weighted by molar-refractivity contribution is 0.438. The second kappa shape index (κ2) is 5.30. The van der Waals surface area contributed by atoms with Gasteiger partial charge in [0, 0.05) is 11.8 Å². The average Bonchev–Trinajstić information content (AvgIpc) is 2.42. The van der Waals surface area contributed by atoms with Crippen LogP contribution in [0.25, 0.3) is 0 Å². The van der Waals surface area contributed by atoms with Crippen LogP contribution in [0, 0.1) is 23.3 Å². The van der Waals surface area contributed by atoms with Gasteiger partial charge in [0.15, 0.2) is 23.3 Å². The molecule has 0 radical (unpaired) electrons. The van der Waals surface area contributed by atoms with Gasteiger partial charge >= 0.3 is 0 Å². The van der Waals surface area contributed by atoms with Crippen LogP contribution in [0.1, 0.15) is 12.5 Å². The van der Waals surface area contributed by atoms with Crippen LogP contribution in [0.15, 0.2) is 30.3 Å². The number of aryl methyl sites for hydroxylation is 1. The van der Waals surface area contributed by atoms with E-state index in [0.29, 0.717) is 11.8 Å². The lowest BCUT2D eigenvalue weighted by Crippen LogP contribution is -2.02. The third kappa shape index (κ3) is 2.70. The summed E-state index contributed by atoms with van der Waals surface area (Å²) >= 11 is 0. The Morgan fingerprint density at radius 3 is 2.11 bits per heavy atom. The smallest absolute Gasteiger partial charge is 0.196 e. The molecule has 0 bridgehead atoms. The summed E-state index contributed by atoms with van der Waals surface area (Å²) < 4.78 is 52.7. The summed E-state index contributed by atoms with van der Waals surface area (Å²) in [6, 6.07) is 7.08. The first-order valence-corrected chi connectivity index (χ1v) is 5.72. The number of hydrogen-bond acceptors (Lipinski definition) is 1. The second-order valence-electron chi connectivity index (χ2n) is 4.02. The van der Waals surface area contributed by atoms with E-state index < -0.39 is 29.0 Å². The Labute approximate surface area is 107 Å². The third-order valence-corrected chi connectivity index (χ3v) is 2.75. The van der Waals surface area contributed by atoms with E-state index in [-0.39, 0.29) is 0 Å². The quantitative estimate of drug-likeness (QED) is 0.489. The predicted molar refractivity (Wildman–Crippen MR) is 65.4 cm³/mol. The molecule has 0 aliphatic heterocycles. The van der Waals surface area contributed by atoms with Gasteiger partial charge in [-0.05, 0) is 24.1 Å². The Hall–Kier alpha value is -2.04. The lowest BCUT2D eigenvalue weighted by Gasteiger charge is -2.10. The molecule has 0 aliphatic rings. The van der Waals surface area contributed by atoms with Crippen LogP contribution in [-0.2, 0) is 6.42 Å². The minimum atomic E-state index is -1.70. The van der Waals surface area contributed by atoms with Gasteiger partial charge in [0.1, 0.15) is 5.69 Å². The Kier molecular flexibility index (Phi) is 3.74. The zero-order valence-corrected chi connectivity index (χ0v) is 10.1. The average molecular weight is 269 g/mol. The van der Waals surface area contributed by atoms with Gasteiger partial charge in [0.2, 0.25) is 0 Å². The molecule has 0 amide bonds. The van der Waals surface area contributed by atoms with Crippen molar-refractivity contribution in [3.63, 3.8) is 0 Å². The monoisotopic (exact) mass is 269 g/mol. The molecule has 0 aliphatic carbocycles. The standard InChI is InChI=1S/C14H11F4N/c1-2-8-3-5-9(6-4-8)19-14-11(16)7-10(15)12(17)13(14)18/h3-7,19H,2H2,1H3. The molecule has 0 fully saturated rings. The van der Waals surface area contributed by atoms with Gasteiger partial charge < -0.3 is 5.32 Å². The van der Waals surface area contributed by atoms with Gasteiger partial charge in [-0.3, -0.25) is 0 Å². The van der Waals surface area contributed by atoms with Gasteiger partial charge in [0.05, 0.1) is 0 Å². The number of hydrogen-bond donors (Lipinski definition) is 1. The molecule has 0 heterocycles. The van der Waals surface area contributed by atoms with Crippen molar-refractivity contribution < 1.29 is 17.6 Å². The minimum Gasteiger partial charge on any atom is -0.351 e. The molecule has 100 valence electrons. The van der Waals surface area contributed by atoms with Crippen molar-refractivity contribution in [1.82, 2.24) is 0 Å². The summed E-state index contributed by atoms with van der Waals surface area (Å²) in [5.74, 6) is -6.01. The molecule has 0 saturated heterocycles. The molecule has 0 aromatic heterocycles. The lowest BCUT2D eigenvalue weighted by atomic mass is 10.1. The first kappa shape index (κ1) is 13.4. The first-order chi connectivity index (χ1) is 9.02. The van der Waals surface area contributed by atoms with Crippen LogP contribution in [0.5, 0.6) is 0 Å². The molecular formula is C14H11F4N. The van der Waals surface area contributed by atoms with Crippen molar-refractivity contribution in [1.29, 1.82) is 0 Å². The van der Waals surface area contributed by atoms with Gasteiger partial charge in [0.25, 0.3) is 0 Å². The Morgan fingerprint density at radius 2 is 1.53 bits per heavy atom. The maximum Gasteiger partial charge on any atom is 0.196 e. The molecule has 0 saturated carbocycles. The zero-order valence-electron chi connectivity index (χ0n) is 10.1. The molecule has 0 spiro atoms. The maximum atomic E-state index is 13.4. The number of nitrogens with one attached hydrogen (secondary N) is 1. The highest BCUT2D eigenvalue weighted by Crippen LogP contribution is 2.27. The van der Waals surface area contributed by atoms with Gasteiger partial charge in [-0.15, -0.1) is 0 Å². The van der Waals surface area contributed by atoms with Crippen molar-refractivity contribution in [2.75, 3.05) is 5.32 Å². The van der Waals surface area contributed by atoms with Crippen molar-refractivity contribution in [3.8, 4) is 0 Å². The topological polar surface area (TPSA) is 12.0 Å². The Bertz CT molecular complexity index is 593. The number of benzene rings is 2. The summed E-state index contributed by atoms with van der Waals surface area (Å²) in [6.45, 7) is 1.97. The summed E-state index contributed by atoms with van der Waals surface area (Å²) in [6.07, 6.45) is 0.828. The molecule has 2 rings (SSSR count). The molecule has 1 N–H and O–H groups in total. The van der Waals surface area contributed by atoms with Crippen LogP contribution in [0.2, 0.25) is 0 Å². The fourth-order valence-corrected chi connectivity index (χ4v) is 1.65. The van der Waals surface area contributed by atoms with Crippen molar-refractivity contribution >= 4 is 11.4 Å². The fraction of sp³-hybridized carbons (Fsp3) is 0.143. The van der Waals surface area contributed by atoms with E-state index in [1.807, 2.05) is 6.92 Å². The molecule has 0 unspecified atom stereocenters. The largest absolute Gasteiger partial charge is 0.351 e. The van der Waals surface area contributed by atoms with E-state index in [1.54, 1.807) is 24.3 Å². The summed E-state index contributed by atoms with van der Waals surface area (Å²) in [7, 11) is 0. The van der Waals surface area contributed by atoms with E-state index >= 15 is 0 Å². The van der Waals surface area contributed by atoms with E-state index in [0.717, 1.165) is 12.0 Å². The summed E-state index contributed by atoms with van der Waals surface area (Å²) in [5, 5.41) is 2.40. The fourth-order valence-electron chi connectivity index (χ4n) is 1.65. The Morgan fingerprint density at radius 1 is 0.895 bits per heavy atom. The van der Waals surface area contributed by atoms with Crippen LogP contribution in [0.3, 0.4) is 0 Å². The molecular weight excluding hydrogens is 258 g/mol. The van der Waals surface area contributed by atoms with E-state index in [9.17, 15) is 17.6 Å². The van der Waals surface area contributed by atoms with Crippen LogP contribution in [-0.4, -0.2) is 0 Å². The molecule has 0 atom stereocenters. The van der Waals surface area contributed by atoms with E-state index in [2.05, 4.69) is 5.32 Å². The SMILES string of the molecule is CCc1ccc(Nc2c(F)cc(F)c(F)c2F)cc1. The highest BCUT2D eigenvalue weighted by atomic mass is 19.2. The van der Waals surface area contributed by atoms with Gasteiger partial charge in [-0.25, -0.2) is 17.6 Å². The number of halogens is 4. The van der Waals surface area contributed by atoms with Gasteiger partial charge in [-0.2, -0.15) is 0 Å². The van der Waals surface area contributed by atoms with Crippen molar-refractivity contribution in [2.24, 2.45) is 0 Å². The highest BCUT2D eigenvalue weighted by Gasteiger charge is 2.18.